The number of carbonyl (C=O) groups is 1. The van der Waals surface area contributed by atoms with Crippen molar-refractivity contribution in [2.75, 3.05) is 5.32 Å². The molecule has 8 heteroatoms. The second-order valence-electron chi connectivity index (χ2n) is 6.95. The number of furan rings is 1. The number of halogens is 3. The number of nitrogens with zero attached hydrogens (tertiary/aromatic N) is 1. The van der Waals surface area contributed by atoms with Gasteiger partial charge in [0.15, 0.2) is 11.3 Å². The van der Waals surface area contributed by atoms with Gasteiger partial charge in [0.25, 0.3) is 5.91 Å². The first kappa shape index (κ1) is 20.5. The lowest BCUT2D eigenvalue weighted by atomic mass is 10.2. The molecular formula is C24H13BrClFN2O3. The first-order chi connectivity index (χ1) is 15.5. The van der Waals surface area contributed by atoms with Crippen molar-refractivity contribution < 1.29 is 18.0 Å². The summed E-state index contributed by atoms with van der Waals surface area (Å²) in [7, 11) is 0. The van der Waals surface area contributed by atoms with Crippen molar-refractivity contribution in [3.8, 4) is 22.8 Å². The van der Waals surface area contributed by atoms with E-state index in [9.17, 15) is 9.18 Å². The minimum Gasteiger partial charge on any atom is -0.451 e. The first-order valence-electron chi connectivity index (χ1n) is 9.49. The molecule has 5 nitrogen and oxygen atoms in total. The standard InChI is InChI=1S/C24H13BrClFN2O3/c25-14-3-1-13(2-4-14)20-9-10-22(31-20)23(30)28-16-6-8-21-19(12-16)29-24(32-21)17-7-5-15(27)11-18(17)26/h1-12H,(H,28,30). The molecule has 1 N–H and O–H groups in total. The molecule has 0 aliphatic carbocycles. The van der Waals surface area contributed by atoms with E-state index < -0.39 is 11.7 Å². The molecule has 1 amide bonds. The van der Waals surface area contributed by atoms with E-state index in [1.165, 1.54) is 18.2 Å². The van der Waals surface area contributed by atoms with E-state index in [-0.39, 0.29) is 16.7 Å². The third-order valence-electron chi connectivity index (χ3n) is 4.77. The van der Waals surface area contributed by atoms with Crippen molar-refractivity contribution in [3.05, 3.63) is 93.9 Å². The SMILES string of the molecule is O=C(Nc1ccc2oc(-c3ccc(F)cc3Cl)nc2c1)c1ccc(-c2ccc(Br)cc2)o1. The summed E-state index contributed by atoms with van der Waals surface area (Å²) in [6.07, 6.45) is 0. The second-order valence-corrected chi connectivity index (χ2v) is 8.27. The Balaban J connectivity index is 1.37. The number of fused-ring (bicyclic) bond motifs is 1. The molecule has 0 spiro atoms. The van der Waals surface area contributed by atoms with E-state index >= 15 is 0 Å². The molecule has 0 aliphatic heterocycles. The molecule has 3 aromatic carbocycles. The minimum absolute atomic E-state index is 0.182. The number of oxazole rings is 1. The van der Waals surface area contributed by atoms with E-state index in [4.69, 9.17) is 20.4 Å². The molecular weight excluding hydrogens is 499 g/mol. The predicted molar refractivity (Wildman–Crippen MR) is 124 cm³/mol. The van der Waals surface area contributed by atoms with Gasteiger partial charge in [-0.1, -0.05) is 39.7 Å². The Kier molecular flexibility index (Phi) is 5.28. The van der Waals surface area contributed by atoms with Gasteiger partial charge in [-0.2, -0.15) is 0 Å². The van der Waals surface area contributed by atoms with Gasteiger partial charge in [0.1, 0.15) is 17.1 Å². The summed E-state index contributed by atoms with van der Waals surface area (Å²) in [5, 5.41) is 2.99. The maximum Gasteiger partial charge on any atom is 0.291 e. The van der Waals surface area contributed by atoms with Crippen LogP contribution in [0.3, 0.4) is 0 Å². The largest absolute Gasteiger partial charge is 0.451 e. The monoisotopic (exact) mass is 510 g/mol. The molecule has 0 fully saturated rings. The van der Waals surface area contributed by atoms with Crippen molar-refractivity contribution in [1.82, 2.24) is 4.98 Å². The van der Waals surface area contributed by atoms with E-state index in [2.05, 4.69) is 26.2 Å². The second kappa shape index (κ2) is 8.26. The maximum atomic E-state index is 13.3. The summed E-state index contributed by atoms with van der Waals surface area (Å²) in [6, 6.07) is 20.0. The molecule has 0 aliphatic rings. The summed E-state index contributed by atoms with van der Waals surface area (Å²) < 4.78 is 25.7. The Hall–Kier alpha value is -3.42. The van der Waals surface area contributed by atoms with Gasteiger partial charge >= 0.3 is 0 Å². The number of rotatable bonds is 4. The maximum absolute atomic E-state index is 13.3. The van der Waals surface area contributed by atoms with Crippen molar-refractivity contribution in [3.63, 3.8) is 0 Å². The Morgan fingerprint density at radius 1 is 0.969 bits per heavy atom. The quantitative estimate of drug-likeness (QED) is 0.270. The van der Waals surface area contributed by atoms with E-state index in [0.717, 1.165) is 10.0 Å². The number of anilines is 1. The van der Waals surface area contributed by atoms with Crippen molar-refractivity contribution in [2.24, 2.45) is 0 Å². The zero-order chi connectivity index (χ0) is 22.2. The van der Waals surface area contributed by atoms with Gasteiger partial charge in [0, 0.05) is 15.7 Å². The van der Waals surface area contributed by atoms with Gasteiger partial charge in [-0.15, -0.1) is 0 Å². The third kappa shape index (κ3) is 4.04. The van der Waals surface area contributed by atoms with Gasteiger partial charge < -0.3 is 14.2 Å². The van der Waals surface area contributed by atoms with Crippen LogP contribution in [0.2, 0.25) is 5.02 Å². The number of amides is 1. The molecule has 5 aromatic rings. The molecule has 2 heterocycles. The molecule has 5 rings (SSSR count). The fourth-order valence-corrected chi connectivity index (χ4v) is 3.72. The van der Waals surface area contributed by atoms with E-state index in [0.29, 0.717) is 28.1 Å². The highest BCUT2D eigenvalue weighted by molar-refractivity contribution is 9.10. The normalized spacial score (nSPS) is 11.1. The molecule has 0 radical (unpaired) electrons. The smallest absolute Gasteiger partial charge is 0.291 e. The number of hydrogen-bond acceptors (Lipinski definition) is 4. The molecule has 0 bridgehead atoms. The van der Waals surface area contributed by atoms with Gasteiger partial charge in [-0.3, -0.25) is 4.79 Å². The lowest BCUT2D eigenvalue weighted by molar-refractivity contribution is 0.0997. The molecule has 158 valence electrons. The van der Waals surface area contributed by atoms with Crippen LogP contribution in [0.1, 0.15) is 10.6 Å². The topological polar surface area (TPSA) is 68.3 Å². The third-order valence-corrected chi connectivity index (χ3v) is 5.61. The van der Waals surface area contributed by atoms with Crippen molar-refractivity contribution >= 4 is 50.2 Å². The molecule has 2 aromatic heterocycles. The van der Waals surface area contributed by atoms with Crippen LogP contribution in [0.4, 0.5) is 10.1 Å². The summed E-state index contributed by atoms with van der Waals surface area (Å²) in [6.45, 7) is 0. The van der Waals surface area contributed by atoms with Gasteiger partial charge in [-0.05, 0) is 60.7 Å². The highest BCUT2D eigenvalue weighted by atomic mass is 79.9. The van der Waals surface area contributed by atoms with Crippen LogP contribution in [0.5, 0.6) is 0 Å². The Morgan fingerprint density at radius 2 is 1.78 bits per heavy atom. The molecule has 0 unspecified atom stereocenters. The first-order valence-corrected chi connectivity index (χ1v) is 10.7. The fraction of sp³-hybridized carbons (Fsp3) is 0. The van der Waals surface area contributed by atoms with Gasteiger partial charge in [-0.25, -0.2) is 9.37 Å². The van der Waals surface area contributed by atoms with Crippen LogP contribution in [0.25, 0.3) is 33.9 Å². The van der Waals surface area contributed by atoms with Crippen LogP contribution in [0, 0.1) is 5.82 Å². The summed E-state index contributed by atoms with van der Waals surface area (Å²) in [5.74, 6) is 0.204. The molecule has 0 saturated heterocycles. The summed E-state index contributed by atoms with van der Waals surface area (Å²) >= 11 is 9.50. The number of nitrogens with one attached hydrogen (secondary N) is 1. The van der Waals surface area contributed by atoms with Crippen LogP contribution in [-0.4, -0.2) is 10.9 Å². The predicted octanol–water partition coefficient (Wildman–Crippen LogP) is 7.56. The summed E-state index contributed by atoms with van der Waals surface area (Å²) in [5.41, 5.74) is 2.89. The Labute approximate surface area is 195 Å². The lowest BCUT2D eigenvalue weighted by Crippen LogP contribution is -2.10. The zero-order valence-corrected chi connectivity index (χ0v) is 18.6. The number of aromatic nitrogens is 1. The Bertz CT molecular complexity index is 1460. The zero-order valence-electron chi connectivity index (χ0n) is 16.2. The van der Waals surface area contributed by atoms with Crippen LogP contribution in [0.15, 0.2) is 86.1 Å². The van der Waals surface area contributed by atoms with E-state index in [1.54, 1.807) is 30.3 Å². The Morgan fingerprint density at radius 3 is 2.56 bits per heavy atom. The minimum atomic E-state index is -0.443. The highest BCUT2D eigenvalue weighted by Gasteiger charge is 2.15. The highest BCUT2D eigenvalue weighted by Crippen LogP contribution is 2.31. The van der Waals surface area contributed by atoms with Crippen molar-refractivity contribution in [2.45, 2.75) is 0 Å². The number of carbonyl (C=O) groups excluding carboxylic acids is 1. The molecule has 32 heavy (non-hydrogen) atoms. The lowest BCUT2D eigenvalue weighted by Gasteiger charge is -2.03. The van der Waals surface area contributed by atoms with E-state index in [1.807, 2.05) is 24.3 Å². The number of benzene rings is 3. The fourth-order valence-electron chi connectivity index (χ4n) is 3.21. The van der Waals surface area contributed by atoms with Crippen LogP contribution >= 0.6 is 27.5 Å². The average Bonchev–Trinajstić information content (AvgIpc) is 3.41. The number of hydrogen-bond donors (Lipinski definition) is 1. The van der Waals surface area contributed by atoms with Crippen LogP contribution in [-0.2, 0) is 0 Å². The van der Waals surface area contributed by atoms with Gasteiger partial charge in [0.2, 0.25) is 5.89 Å². The van der Waals surface area contributed by atoms with Gasteiger partial charge in [0.05, 0.1) is 10.6 Å². The summed E-state index contributed by atoms with van der Waals surface area (Å²) in [4.78, 5) is 17.1. The molecule has 0 saturated carbocycles. The van der Waals surface area contributed by atoms with Crippen LogP contribution < -0.4 is 5.32 Å². The van der Waals surface area contributed by atoms with Crippen molar-refractivity contribution in [1.29, 1.82) is 0 Å². The average molecular weight is 512 g/mol. The molecule has 0 atom stereocenters.